The summed E-state index contributed by atoms with van der Waals surface area (Å²) >= 11 is 3.07. The summed E-state index contributed by atoms with van der Waals surface area (Å²) in [5.74, 6) is -6.83. The molecule has 1 amide bonds. The Morgan fingerprint density at radius 3 is 2.16 bits per heavy atom. The highest BCUT2D eigenvalue weighted by molar-refractivity contribution is 9.09. The summed E-state index contributed by atoms with van der Waals surface area (Å²) < 4.78 is 31.0. The van der Waals surface area contributed by atoms with Crippen LogP contribution in [0, 0.1) is 0 Å². The van der Waals surface area contributed by atoms with Crippen molar-refractivity contribution in [2.24, 2.45) is 5.11 Å². The van der Waals surface area contributed by atoms with E-state index < -0.39 is 83.2 Å². The summed E-state index contributed by atoms with van der Waals surface area (Å²) in [6.07, 6.45) is -6.14. The average molecular weight is 611 g/mol. The van der Waals surface area contributed by atoms with E-state index in [0.717, 1.165) is 27.9 Å². The van der Waals surface area contributed by atoms with Crippen LogP contribution in [0.25, 0.3) is 10.4 Å². The first-order valence-electron chi connectivity index (χ1n) is 11.1. The molecule has 1 saturated heterocycles. The van der Waals surface area contributed by atoms with Crippen LogP contribution in [0.2, 0.25) is 0 Å². The maximum Gasteiger partial charge on any atom is 0.407 e. The summed E-state index contributed by atoms with van der Waals surface area (Å²) in [4.78, 5) is 61.9. The highest BCUT2D eigenvalue weighted by Crippen LogP contribution is 2.38. The number of methoxy groups -OCH3 is 1. The lowest BCUT2D eigenvalue weighted by atomic mass is 9.87. The number of carbonyl (C=O) groups is 5. The van der Waals surface area contributed by atoms with Crippen LogP contribution in [0.1, 0.15) is 41.5 Å². The van der Waals surface area contributed by atoms with Crippen molar-refractivity contribution >= 4 is 45.9 Å². The Balaban J connectivity index is 3.80. The minimum atomic E-state index is -2.87. The van der Waals surface area contributed by atoms with E-state index in [1.54, 1.807) is 20.8 Å². The van der Waals surface area contributed by atoms with Gasteiger partial charge in [0.05, 0.1) is 24.0 Å². The highest BCUT2D eigenvalue weighted by atomic mass is 79.9. The number of hydrogen-bond donors (Lipinski definition) is 2. The number of aliphatic hydroxyl groups is 1. The van der Waals surface area contributed by atoms with Gasteiger partial charge >= 0.3 is 30.0 Å². The molecule has 0 aromatic rings. The Labute approximate surface area is 226 Å². The fourth-order valence-electron chi connectivity index (χ4n) is 3.49. The van der Waals surface area contributed by atoms with E-state index in [1.807, 2.05) is 0 Å². The van der Waals surface area contributed by atoms with Crippen LogP contribution in [0.3, 0.4) is 0 Å². The Kier molecular flexibility index (Phi) is 11.8. The van der Waals surface area contributed by atoms with Crippen LogP contribution >= 0.6 is 15.9 Å². The summed E-state index contributed by atoms with van der Waals surface area (Å²) in [5.41, 5.74) is 8.25. The first-order chi connectivity index (χ1) is 17.5. The number of nitrogens with zero attached hydrogens (tertiary/aromatic N) is 3. The van der Waals surface area contributed by atoms with Gasteiger partial charge in [0, 0.05) is 25.7 Å². The Bertz CT molecular complexity index is 966. The molecule has 0 aromatic heterocycles. The Morgan fingerprint density at radius 1 is 1.13 bits per heavy atom. The lowest BCUT2D eigenvalue weighted by Crippen LogP contribution is -2.72. The molecule has 0 saturated carbocycles. The molecule has 0 aromatic carbocycles. The van der Waals surface area contributed by atoms with E-state index in [9.17, 15) is 34.6 Å². The number of alkyl halides is 1. The molecule has 214 valence electrons. The number of hydrogen-bond acceptors (Lipinski definition) is 13. The van der Waals surface area contributed by atoms with Crippen LogP contribution in [-0.4, -0.2) is 95.4 Å². The van der Waals surface area contributed by atoms with Gasteiger partial charge in [-0.2, -0.15) is 0 Å². The SMILES string of the molecule is COC(=O)[C@@]1(O)O[C@@H]([C@H](OC(C)=O)[C@@H](COC(C)=O)OC(C)=O)[C@H](NC(=O)OC(C)(C)C)[C@@H](N=[N+]=[N-])[C@H]1Br. The number of halogens is 1. The van der Waals surface area contributed by atoms with Crippen LogP contribution in [0.5, 0.6) is 0 Å². The zero-order chi connectivity index (χ0) is 29.4. The van der Waals surface area contributed by atoms with E-state index >= 15 is 0 Å². The second-order valence-corrected chi connectivity index (χ2v) is 10.1. The van der Waals surface area contributed by atoms with Gasteiger partial charge in [-0.25, -0.2) is 9.59 Å². The molecule has 0 bridgehead atoms. The van der Waals surface area contributed by atoms with E-state index in [-0.39, 0.29) is 0 Å². The number of amides is 1. The molecule has 0 spiro atoms. The number of esters is 4. The largest absolute Gasteiger partial charge is 0.465 e. The molecule has 0 radical (unpaired) electrons. The normalized spacial score (nSPS) is 26.4. The third kappa shape index (κ3) is 9.01. The van der Waals surface area contributed by atoms with E-state index in [2.05, 4.69) is 36.0 Å². The van der Waals surface area contributed by atoms with Gasteiger partial charge in [-0.1, -0.05) is 21.0 Å². The van der Waals surface area contributed by atoms with Gasteiger partial charge in [-0.3, -0.25) is 14.4 Å². The first-order valence-corrected chi connectivity index (χ1v) is 12.0. The van der Waals surface area contributed by atoms with Crippen molar-refractivity contribution in [3.05, 3.63) is 10.4 Å². The Morgan fingerprint density at radius 2 is 1.71 bits per heavy atom. The Hall–Kier alpha value is -3.14. The quantitative estimate of drug-likeness (QED) is 0.0931. The topological polar surface area (TPSA) is 222 Å². The average Bonchev–Trinajstić information content (AvgIpc) is 2.77. The first kappa shape index (κ1) is 32.9. The predicted molar refractivity (Wildman–Crippen MR) is 128 cm³/mol. The number of alkyl carbamates (subject to hydrolysis) is 1. The van der Waals surface area contributed by atoms with Gasteiger partial charge in [0.25, 0.3) is 5.79 Å². The number of ether oxygens (including phenoxy) is 6. The third-order valence-corrected chi connectivity index (χ3v) is 5.98. The predicted octanol–water partition coefficient (Wildman–Crippen LogP) is 1.01. The molecule has 17 heteroatoms. The minimum absolute atomic E-state index is 0.660. The van der Waals surface area contributed by atoms with Crippen molar-refractivity contribution in [2.45, 2.75) is 88.2 Å². The second kappa shape index (κ2) is 13.6. The maximum atomic E-state index is 12.7. The van der Waals surface area contributed by atoms with Crippen LogP contribution in [0.4, 0.5) is 4.79 Å². The molecule has 1 heterocycles. The van der Waals surface area contributed by atoms with Crippen LogP contribution in [0.15, 0.2) is 5.11 Å². The van der Waals surface area contributed by atoms with Gasteiger partial charge in [0.15, 0.2) is 12.2 Å². The van der Waals surface area contributed by atoms with E-state index in [4.69, 9.17) is 23.7 Å². The molecular weight excluding hydrogens is 580 g/mol. The molecule has 1 aliphatic heterocycles. The lowest BCUT2D eigenvalue weighted by molar-refractivity contribution is -0.282. The molecule has 1 rings (SSSR count). The summed E-state index contributed by atoms with van der Waals surface area (Å²) in [6, 6.07) is -3.00. The number of azide groups is 1. The van der Waals surface area contributed by atoms with Crippen molar-refractivity contribution < 1.29 is 57.5 Å². The number of carbonyl (C=O) groups excluding carboxylic acids is 5. The van der Waals surface area contributed by atoms with Crippen LogP contribution < -0.4 is 5.32 Å². The molecule has 16 nitrogen and oxygen atoms in total. The summed E-state index contributed by atoms with van der Waals surface area (Å²) in [6.45, 7) is 7.15. The van der Waals surface area contributed by atoms with Gasteiger partial charge in [-0.05, 0) is 26.3 Å². The van der Waals surface area contributed by atoms with Gasteiger partial charge in [0.1, 0.15) is 18.3 Å². The van der Waals surface area contributed by atoms with Gasteiger partial charge in [-0.15, -0.1) is 0 Å². The smallest absolute Gasteiger partial charge is 0.407 e. The van der Waals surface area contributed by atoms with E-state index in [0.29, 0.717) is 0 Å². The number of rotatable bonds is 9. The highest BCUT2D eigenvalue weighted by Gasteiger charge is 2.61. The minimum Gasteiger partial charge on any atom is -0.465 e. The van der Waals surface area contributed by atoms with E-state index in [1.165, 1.54) is 0 Å². The number of nitrogens with one attached hydrogen (secondary N) is 1. The molecule has 1 aliphatic rings. The molecule has 2 N–H and O–H groups in total. The molecule has 38 heavy (non-hydrogen) atoms. The molecule has 0 aliphatic carbocycles. The van der Waals surface area contributed by atoms with Crippen molar-refractivity contribution in [3.8, 4) is 0 Å². The van der Waals surface area contributed by atoms with Gasteiger partial charge < -0.3 is 38.8 Å². The maximum absolute atomic E-state index is 12.7. The molecule has 1 fully saturated rings. The van der Waals surface area contributed by atoms with Crippen molar-refractivity contribution in [3.63, 3.8) is 0 Å². The third-order valence-electron chi connectivity index (χ3n) is 4.82. The van der Waals surface area contributed by atoms with Crippen LogP contribution in [-0.2, 0) is 47.6 Å². The molecule has 7 atom stereocenters. The van der Waals surface area contributed by atoms with Crippen molar-refractivity contribution in [1.29, 1.82) is 0 Å². The standard InChI is InChI=1S/C21H31BrN4O12/c1-9(27)34-8-12(35-10(2)28)15(36-11(3)29)16-13(24-19(31)38-20(4,5)6)14(25-26-23)17(22)21(32,37-16)18(30)33-7/h12-17,32H,8H2,1-7H3,(H,24,31)/t12-,13-,14-,15-,16-,17-,21+/m1/s1. The fourth-order valence-corrected chi connectivity index (χ4v) is 4.22. The summed E-state index contributed by atoms with van der Waals surface area (Å²) in [5, 5.41) is 17.2. The fraction of sp³-hybridized carbons (Fsp3) is 0.762. The summed E-state index contributed by atoms with van der Waals surface area (Å²) in [7, 11) is 0.942. The van der Waals surface area contributed by atoms with Crippen molar-refractivity contribution in [2.75, 3.05) is 13.7 Å². The zero-order valence-corrected chi connectivity index (χ0v) is 23.4. The van der Waals surface area contributed by atoms with Crippen molar-refractivity contribution in [1.82, 2.24) is 5.32 Å². The van der Waals surface area contributed by atoms with Gasteiger partial charge in [0.2, 0.25) is 0 Å². The monoisotopic (exact) mass is 610 g/mol. The molecule has 0 unspecified atom stereocenters. The lowest BCUT2D eigenvalue weighted by Gasteiger charge is -2.48. The molecular formula is C21H31BrN4O12. The second-order valence-electron chi connectivity index (χ2n) is 9.06. The zero-order valence-electron chi connectivity index (χ0n) is 21.8.